The van der Waals surface area contributed by atoms with E-state index in [1.54, 1.807) is 0 Å². The van der Waals surface area contributed by atoms with E-state index in [4.69, 9.17) is 4.74 Å². The summed E-state index contributed by atoms with van der Waals surface area (Å²) < 4.78 is 5.44. The highest BCUT2D eigenvalue weighted by molar-refractivity contribution is 5.81. The van der Waals surface area contributed by atoms with Gasteiger partial charge in [0.15, 0.2) is 0 Å². The number of hydrogen-bond donors (Lipinski definition) is 1. The van der Waals surface area contributed by atoms with Crippen LogP contribution in [0.5, 0.6) is 0 Å². The fourth-order valence-corrected chi connectivity index (χ4v) is 4.07. The molecule has 0 aliphatic heterocycles. The van der Waals surface area contributed by atoms with Crippen molar-refractivity contribution >= 4 is 5.97 Å². The predicted octanol–water partition coefficient (Wildman–Crippen LogP) is 4.06. The molecule has 3 heteroatoms. The van der Waals surface area contributed by atoms with Gasteiger partial charge < -0.3 is 4.74 Å². The zero-order valence-electron chi connectivity index (χ0n) is 14.1. The second-order valence-electron chi connectivity index (χ2n) is 7.33. The Balaban J connectivity index is 2.09. The lowest BCUT2D eigenvalue weighted by atomic mass is 9.70. The molecule has 0 saturated heterocycles. The molecule has 3 unspecified atom stereocenters. The van der Waals surface area contributed by atoms with E-state index in [2.05, 4.69) is 19.2 Å². The monoisotopic (exact) mass is 295 g/mol. The number of carbonyl (C=O) groups is 1. The number of rotatable bonds is 4. The molecule has 3 nitrogen and oxygen atoms in total. The Bertz CT molecular complexity index is 336. The molecular weight excluding hydrogens is 262 g/mol. The van der Waals surface area contributed by atoms with E-state index in [1.807, 2.05) is 6.92 Å². The van der Waals surface area contributed by atoms with Gasteiger partial charge in [-0.2, -0.15) is 0 Å². The molecule has 0 heterocycles. The molecule has 0 aromatic heterocycles. The predicted molar refractivity (Wildman–Crippen MR) is 86.2 cm³/mol. The van der Waals surface area contributed by atoms with Crippen molar-refractivity contribution in [3.8, 4) is 0 Å². The molecule has 0 aromatic rings. The summed E-state index contributed by atoms with van der Waals surface area (Å²) in [5.41, 5.74) is -0.420. The number of esters is 1. The molecular formula is C18H33NO2. The molecule has 2 rings (SSSR count). The van der Waals surface area contributed by atoms with Crippen molar-refractivity contribution in [1.29, 1.82) is 0 Å². The van der Waals surface area contributed by atoms with Gasteiger partial charge in [-0.05, 0) is 50.9 Å². The highest BCUT2D eigenvalue weighted by Gasteiger charge is 2.45. The first-order chi connectivity index (χ1) is 10.1. The fraction of sp³-hybridized carbons (Fsp3) is 0.944. The minimum Gasteiger partial charge on any atom is -0.465 e. The van der Waals surface area contributed by atoms with Crippen molar-refractivity contribution in [2.24, 2.45) is 11.8 Å². The average Bonchev–Trinajstić information content (AvgIpc) is 2.72. The van der Waals surface area contributed by atoms with Crippen LogP contribution in [0.2, 0.25) is 0 Å². The van der Waals surface area contributed by atoms with Crippen LogP contribution in [0.25, 0.3) is 0 Å². The summed E-state index contributed by atoms with van der Waals surface area (Å²) in [5.74, 6) is 1.29. The third-order valence-electron chi connectivity index (χ3n) is 5.67. The van der Waals surface area contributed by atoms with Gasteiger partial charge in [0.1, 0.15) is 5.54 Å². The molecule has 21 heavy (non-hydrogen) atoms. The second-order valence-corrected chi connectivity index (χ2v) is 7.33. The summed E-state index contributed by atoms with van der Waals surface area (Å²) in [6.45, 7) is 6.99. The van der Waals surface area contributed by atoms with Gasteiger partial charge in [0.2, 0.25) is 0 Å². The summed E-state index contributed by atoms with van der Waals surface area (Å²) in [6.07, 6.45) is 10.7. The highest BCUT2D eigenvalue weighted by Crippen LogP contribution is 2.38. The third-order valence-corrected chi connectivity index (χ3v) is 5.67. The van der Waals surface area contributed by atoms with Crippen LogP contribution in [0.15, 0.2) is 0 Å². The summed E-state index contributed by atoms with van der Waals surface area (Å²) >= 11 is 0. The Morgan fingerprint density at radius 1 is 1.10 bits per heavy atom. The van der Waals surface area contributed by atoms with Crippen LogP contribution in [0.4, 0.5) is 0 Å². The Morgan fingerprint density at radius 3 is 2.33 bits per heavy atom. The number of nitrogens with one attached hydrogen (secondary N) is 1. The lowest BCUT2D eigenvalue weighted by molar-refractivity contribution is -0.154. The first-order valence-corrected chi connectivity index (χ1v) is 9.02. The molecule has 0 aromatic carbocycles. The van der Waals surface area contributed by atoms with E-state index in [9.17, 15) is 4.79 Å². The van der Waals surface area contributed by atoms with E-state index in [0.717, 1.165) is 19.3 Å². The lowest BCUT2D eigenvalue weighted by Gasteiger charge is -2.43. The maximum Gasteiger partial charge on any atom is 0.326 e. The van der Waals surface area contributed by atoms with Crippen LogP contribution >= 0.6 is 0 Å². The van der Waals surface area contributed by atoms with Crippen LogP contribution in [0.3, 0.4) is 0 Å². The molecule has 2 aliphatic rings. The molecule has 0 bridgehead atoms. The first-order valence-electron chi connectivity index (χ1n) is 9.02. The van der Waals surface area contributed by atoms with E-state index in [0.29, 0.717) is 24.5 Å². The van der Waals surface area contributed by atoms with Gasteiger partial charge in [-0.1, -0.05) is 39.5 Å². The number of carbonyl (C=O) groups excluding carboxylic acids is 1. The maximum absolute atomic E-state index is 12.6. The first kappa shape index (κ1) is 16.8. The summed E-state index contributed by atoms with van der Waals surface area (Å²) in [4.78, 5) is 12.6. The van der Waals surface area contributed by atoms with E-state index < -0.39 is 5.54 Å². The Morgan fingerprint density at radius 2 is 1.76 bits per heavy atom. The minimum absolute atomic E-state index is 0.00648. The SMILES string of the molecule is CCOC(=O)C1(NC2CCCCCC2)CCC(C)C(C)C1. The van der Waals surface area contributed by atoms with Crippen molar-refractivity contribution in [3.05, 3.63) is 0 Å². The third kappa shape index (κ3) is 4.21. The van der Waals surface area contributed by atoms with Crippen LogP contribution < -0.4 is 5.32 Å². The lowest BCUT2D eigenvalue weighted by Crippen LogP contribution is -2.59. The Hall–Kier alpha value is -0.570. The fourth-order valence-electron chi connectivity index (χ4n) is 4.07. The van der Waals surface area contributed by atoms with Crippen LogP contribution in [-0.2, 0) is 9.53 Å². The largest absolute Gasteiger partial charge is 0.465 e. The van der Waals surface area contributed by atoms with Gasteiger partial charge in [0.05, 0.1) is 6.61 Å². The zero-order valence-corrected chi connectivity index (χ0v) is 14.1. The molecule has 3 atom stereocenters. The molecule has 2 saturated carbocycles. The van der Waals surface area contributed by atoms with E-state index in [1.165, 1.54) is 38.5 Å². The number of ether oxygens (including phenoxy) is 1. The minimum atomic E-state index is -0.420. The van der Waals surface area contributed by atoms with Gasteiger partial charge >= 0.3 is 5.97 Å². The van der Waals surface area contributed by atoms with E-state index >= 15 is 0 Å². The quantitative estimate of drug-likeness (QED) is 0.628. The molecule has 2 fully saturated rings. The topological polar surface area (TPSA) is 38.3 Å². The molecule has 1 N–H and O–H groups in total. The van der Waals surface area contributed by atoms with Crippen molar-refractivity contribution in [2.75, 3.05) is 6.61 Å². The molecule has 122 valence electrons. The van der Waals surface area contributed by atoms with Gasteiger partial charge in [-0.25, -0.2) is 0 Å². The van der Waals surface area contributed by atoms with Gasteiger partial charge in [-0.3, -0.25) is 10.1 Å². The number of hydrogen-bond acceptors (Lipinski definition) is 3. The molecule has 0 spiro atoms. The standard InChI is InChI=1S/C18H33NO2/c1-4-21-17(20)18(12-11-14(2)15(3)13-18)19-16-9-7-5-6-8-10-16/h14-16,19H,4-13H2,1-3H3. The summed E-state index contributed by atoms with van der Waals surface area (Å²) in [6, 6.07) is 0.498. The normalized spacial score (nSPS) is 35.2. The van der Waals surface area contributed by atoms with Crippen LogP contribution in [0.1, 0.15) is 78.6 Å². The van der Waals surface area contributed by atoms with Crippen LogP contribution in [-0.4, -0.2) is 24.2 Å². The van der Waals surface area contributed by atoms with Gasteiger partial charge in [0, 0.05) is 6.04 Å². The Kier molecular flexibility index (Phi) is 6.09. The zero-order chi connectivity index (χ0) is 15.3. The van der Waals surface area contributed by atoms with Gasteiger partial charge in [0.25, 0.3) is 0 Å². The molecule has 2 aliphatic carbocycles. The maximum atomic E-state index is 12.6. The smallest absolute Gasteiger partial charge is 0.326 e. The van der Waals surface area contributed by atoms with Crippen molar-refractivity contribution < 1.29 is 9.53 Å². The average molecular weight is 295 g/mol. The summed E-state index contributed by atoms with van der Waals surface area (Å²) in [5, 5.41) is 3.77. The summed E-state index contributed by atoms with van der Waals surface area (Å²) in [7, 11) is 0. The Labute approximate surface area is 130 Å². The van der Waals surface area contributed by atoms with Crippen molar-refractivity contribution in [3.63, 3.8) is 0 Å². The van der Waals surface area contributed by atoms with Crippen molar-refractivity contribution in [2.45, 2.75) is 90.1 Å². The highest BCUT2D eigenvalue weighted by atomic mass is 16.5. The van der Waals surface area contributed by atoms with Gasteiger partial charge in [-0.15, -0.1) is 0 Å². The van der Waals surface area contributed by atoms with E-state index in [-0.39, 0.29) is 5.97 Å². The molecule has 0 amide bonds. The second kappa shape index (κ2) is 7.62. The van der Waals surface area contributed by atoms with Crippen LogP contribution in [0, 0.1) is 11.8 Å². The molecule has 0 radical (unpaired) electrons. The van der Waals surface area contributed by atoms with Crippen molar-refractivity contribution in [1.82, 2.24) is 5.32 Å².